The molecule has 0 saturated carbocycles. The summed E-state index contributed by atoms with van der Waals surface area (Å²) in [6, 6.07) is 0. The van der Waals surface area contributed by atoms with Crippen molar-refractivity contribution in [2.24, 2.45) is 0 Å². The van der Waals surface area contributed by atoms with Gasteiger partial charge < -0.3 is 4.55 Å². The number of halogens is 7. The summed E-state index contributed by atoms with van der Waals surface area (Å²) in [5.41, 5.74) is 0. The quantitative estimate of drug-likeness (QED) is 0.294. The summed E-state index contributed by atoms with van der Waals surface area (Å²) in [5.74, 6) is -1.97. The fraction of sp³-hybridized carbons (Fsp3) is 1.00. The maximum absolute atomic E-state index is 13.1. The molecule has 6 atom stereocenters. The van der Waals surface area contributed by atoms with Crippen molar-refractivity contribution in [3.05, 3.63) is 0 Å². The van der Waals surface area contributed by atoms with Crippen molar-refractivity contribution in [3.8, 4) is 0 Å². The average Bonchev–Trinajstić information content (AvgIpc) is 2.33. The number of hydrogen-bond donors (Lipinski definition) is 0. The first-order valence-corrected chi connectivity index (χ1v) is 6.93. The zero-order valence-corrected chi connectivity index (χ0v) is 14.8. The second kappa shape index (κ2) is 10.8. The van der Waals surface area contributed by atoms with Gasteiger partial charge in [0.2, 0.25) is 0 Å². The maximum Gasteiger partial charge on any atom is 1.00 e. The molecule has 0 aliphatic heterocycles. The molecule has 0 N–H and O–H groups in total. The third-order valence-corrected chi connectivity index (χ3v) is 3.08. The molecule has 0 aliphatic rings. The van der Waals surface area contributed by atoms with Crippen LogP contribution in [0.1, 0.15) is 6.42 Å². The first-order valence-electron chi connectivity index (χ1n) is 5.35. The van der Waals surface area contributed by atoms with Gasteiger partial charge in [-0.3, -0.25) is 4.39 Å². The first kappa shape index (κ1) is 24.3. The van der Waals surface area contributed by atoms with Gasteiger partial charge in [-0.05, 0) is 0 Å². The van der Waals surface area contributed by atoms with Crippen LogP contribution in [-0.2, 0) is 10.1 Å². The predicted molar refractivity (Wildman–Crippen MR) is 54.5 cm³/mol. The van der Waals surface area contributed by atoms with E-state index in [9.17, 15) is 43.7 Å². The molecule has 0 aromatic heterocycles. The molecule has 0 fully saturated rings. The van der Waals surface area contributed by atoms with Crippen LogP contribution in [0.4, 0.5) is 30.7 Å². The molecule has 21 heavy (non-hydrogen) atoms. The Hall–Kier alpha value is 1.06. The van der Waals surface area contributed by atoms with Gasteiger partial charge in [-0.1, -0.05) is 0 Å². The molecule has 0 rings (SSSR count). The summed E-state index contributed by atoms with van der Waals surface area (Å²) in [7, 11) is -5.24. The van der Waals surface area contributed by atoms with E-state index in [2.05, 4.69) is 0 Å². The molecule has 0 amide bonds. The van der Waals surface area contributed by atoms with Gasteiger partial charge in [0.05, 0.1) is 22.5 Å². The fourth-order valence-electron chi connectivity index (χ4n) is 1.30. The average molecular weight is 372 g/mol. The minimum absolute atomic E-state index is 0. The Morgan fingerprint density at radius 2 is 1.19 bits per heavy atom. The topological polar surface area (TPSA) is 57.2 Å². The number of hydrogen-bond acceptors (Lipinski definition) is 3. The van der Waals surface area contributed by atoms with Crippen molar-refractivity contribution in [1.29, 1.82) is 0 Å². The maximum atomic E-state index is 13.1. The van der Waals surface area contributed by atoms with E-state index in [1.165, 1.54) is 0 Å². The monoisotopic (exact) mass is 372 g/mol. The van der Waals surface area contributed by atoms with Crippen LogP contribution in [0.15, 0.2) is 0 Å². The zero-order valence-electron chi connectivity index (χ0n) is 10.9. The molecule has 0 heterocycles. The Kier molecular flexibility index (Phi) is 12.5. The third kappa shape index (κ3) is 9.06. The van der Waals surface area contributed by atoms with Gasteiger partial charge in [-0.15, -0.1) is 0 Å². The van der Waals surface area contributed by atoms with Crippen molar-refractivity contribution in [1.82, 2.24) is 0 Å². The van der Waals surface area contributed by atoms with Gasteiger partial charge in [0.1, 0.15) is 12.3 Å². The van der Waals surface area contributed by atoms with E-state index in [1.807, 2.05) is 0 Å². The Labute approximate surface area is 159 Å². The molecular weight excluding hydrogens is 360 g/mol. The van der Waals surface area contributed by atoms with Crippen molar-refractivity contribution in [2.75, 3.05) is 12.4 Å². The summed E-state index contributed by atoms with van der Waals surface area (Å²) >= 11 is 0. The largest absolute Gasteiger partial charge is 1.00 e. The van der Waals surface area contributed by atoms with Crippen molar-refractivity contribution in [2.45, 2.75) is 43.5 Å². The molecule has 0 spiro atoms. The van der Waals surface area contributed by atoms with Crippen LogP contribution in [-0.4, -0.2) is 62.4 Å². The summed E-state index contributed by atoms with van der Waals surface area (Å²) in [6.45, 7) is -1.37. The standard InChI is InChI=1S/C9H13F7O3S.K/c10-2-1-4(11)6(13)8(15)9(16)7(14)5(12)3-20(17,18)19;/h4-9H,1-3H2,(H,17,18,19);/q;+1/p-1. The SMILES string of the molecule is O=S(=O)([O-])CC(F)C(F)C(F)C(F)C(F)C(F)CCF.[K+]. The number of alkyl halides is 7. The van der Waals surface area contributed by atoms with Gasteiger partial charge in [0.25, 0.3) is 0 Å². The second-order valence-corrected chi connectivity index (χ2v) is 5.46. The Morgan fingerprint density at radius 3 is 1.52 bits per heavy atom. The van der Waals surface area contributed by atoms with E-state index in [0.717, 1.165) is 0 Å². The number of rotatable bonds is 9. The molecule has 0 aromatic carbocycles. The van der Waals surface area contributed by atoms with Gasteiger partial charge >= 0.3 is 51.4 Å². The van der Waals surface area contributed by atoms with Gasteiger partial charge in [-0.2, -0.15) is 0 Å². The first-order chi connectivity index (χ1) is 9.01. The van der Waals surface area contributed by atoms with Crippen LogP contribution in [0.2, 0.25) is 0 Å². The Balaban J connectivity index is 0. The molecule has 6 unspecified atom stereocenters. The summed E-state index contributed by atoms with van der Waals surface area (Å²) < 4.78 is 120. The van der Waals surface area contributed by atoms with E-state index < -0.39 is 66.0 Å². The smallest absolute Gasteiger partial charge is 0.748 e. The van der Waals surface area contributed by atoms with Crippen LogP contribution < -0.4 is 51.4 Å². The minimum atomic E-state index is -5.24. The summed E-state index contributed by atoms with van der Waals surface area (Å²) in [6.07, 6.45) is -20.8. The normalized spacial score (nSPS) is 20.8. The van der Waals surface area contributed by atoms with E-state index in [-0.39, 0.29) is 51.4 Å². The van der Waals surface area contributed by atoms with E-state index in [0.29, 0.717) is 0 Å². The molecule has 3 nitrogen and oxygen atoms in total. The van der Waals surface area contributed by atoms with Crippen molar-refractivity contribution in [3.63, 3.8) is 0 Å². The van der Waals surface area contributed by atoms with Crippen molar-refractivity contribution >= 4 is 10.1 Å². The predicted octanol–water partition coefficient (Wildman–Crippen LogP) is -1.08. The van der Waals surface area contributed by atoms with Crippen molar-refractivity contribution < 1.29 is 95.1 Å². The molecule has 122 valence electrons. The van der Waals surface area contributed by atoms with E-state index >= 15 is 0 Å². The molecule has 12 heteroatoms. The van der Waals surface area contributed by atoms with Gasteiger partial charge in [0.15, 0.2) is 24.7 Å². The minimum Gasteiger partial charge on any atom is -0.748 e. The second-order valence-electron chi connectivity index (χ2n) is 4.01. The summed E-state index contributed by atoms with van der Waals surface area (Å²) in [4.78, 5) is 0. The van der Waals surface area contributed by atoms with Crippen LogP contribution >= 0.6 is 0 Å². The fourth-order valence-corrected chi connectivity index (χ4v) is 1.87. The third-order valence-electron chi connectivity index (χ3n) is 2.35. The zero-order chi connectivity index (χ0) is 16.1. The van der Waals surface area contributed by atoms with Crippen LogP contribution in [0.5, 0.6) is 0 Å². The van der Waals surface area contributed by atoms with E-state index in [4.69, 9.17) is 0 Å². The molecule has 0 saturated heterocycles. The van der Waals surface area contributed by atoms with Gasteiger partial charge in [0, 0.05) is 6.42 Å². The van der Waals surface area contributed by atoms with E-state index in [1.54, 1.807) is 0 Å². The van der Waals surface area contributed by atoms with Crippen LogP contribution in [0, 0.1) is 0 Å². The molecular formula is C9H12F7KO3S. The molecule has 0 radical (unpaired) electrons. The Bertz CT molecular complexity index is 386. The molecule has 0 bridgehead atoms. The molecule has 0 aliphatic carbocycles. The molecule has 0 aromatic rings. The van der Waals surface area contributed by atoms with Crippen LogP contribution in [0.25, 0.3) is 0 Å². The Morgan fingerprint density at radius 1 is 0.810 bits per heavy atom. The van der Waals surface area contributed by atoms with Gasteiger partial charge in [-0.25, -0.2) is 34.8 Å². The summed E-state index contributed by atoms with van der Waals surface area (Å²) in [5, 5.41) is 0. The van der Waals surface area contributed by atoms with Crippen LogP contribution in [0.3, 0.4) is 0 Å².